The van der Waals surface area contributed by atoms with Gasteiger partial charge in [-0.15, -0.1) is 0 Å². The third-order valence-corrected chi connectivity index (χ3v) is 5.87. The predicted octanol–water partition coefficient (Wildman–Crippen LogP) is 5.36. The maximum Gasteiger partial charge on any atom is 0.284 e. The zero-order valence-electron chi connectivity index (χ0n) is 18.1. The summed E-state index contributed by atoms with van der Waals surface area (Å²) >= 11 is 6.62. The van der Waals surface area contributed by atoms with Gasteiger partial charge in [0.25, 0.3) is 5.91 Å². The van der Waals surface area contributed by atoms with Crippen LogP contribution in [0.15, 0.2) is 30.2 Å². The Labute approximate surface area is 190 Å². The molecule has 3 heterocycles. The van der Waals surface area contributed by atoms with E-state index in [9.17, 15) is 9.18 Å². The molecule has 168 valence electrons. The number of halogens is 2. The van der Waals surface area contributed by atoms with Gasteiger partial charge in [0.15, 0.2) is 12.1 Å². The third kappa shape index (κ3) is 4.33. The summed E-state index contributed by atoms with van der Waals surface area (Å²) in [7, 11) is 1.51. The summed E-state index contributed by atoms with van der Waals surface area (Å²) in [4.78, 5) is 16.7. The summed E-state index contributed by atoms with van der Waals surface area (Å²) in [6.07, 6.45) is 5.51. The number of nitrogens with one attached hydrogen (secondary N) is 1. The Kier molecular flexibility index (Phi) is 6.43. The van der Waals surface area contributed by atoms with Gasteiger partial charge in [0.2, 0.25) is 5.88 Å². The third-order valence-electron chi connectivity index (χ3n) is 5.48. The first-order valence-electron chi connectivity index (χ1n) is 10.4. The molecular weight excluding hydrogens is 435 g/mol. The quantitative estimate of drug-likeness (QED) is 0.521. The number of anilines is 1. The Balaban J connectivity index is 1.62. The molecule has 0 bridgehead atoms. The first kappa shape index (κ1) is 22.2. The minimum Gasteiger partial charge on any atom is -0.481 e. The van der Waals surface area contributed by atoms with Crippen LogP contribution in [0.4, 0.5) is 10.1 Å². The molecule has 1 amide bonds. The maximum absolute atomic E-state index is 14.8. The lowest BCUT2D eigenvalue weighted by molar-refractivity contribution is -0.114. The van der Waals surface area contributed by atoms with E-state index in [4.69, 9.17) is 21.1 Å². The number of aryl methyl sites for hydroxylation is 2. The van der Waals surface area contributed by atoms with E-state index in [1.165, 1.54) is 7.11 Å². The highest BCUT2D eigenvalue weighted by atomic mass is 35.5. The van der Waals surface area contributed by atoms with Crippen LogP contribution in [0.2, 0.25) is 5.02 Å². The van der Waals surface area contributed by atoms with Crippen molar-refractivity contribution in [2.75, 3.05) is 19.0 Å². The van der Waals surface area contributed by atoms with Crippen LogP contribution in [0.25, 0.3) is 17.0 Å². The molecule has 1 aromatic carbocycles. The van der Waals surface area contributed by atoms with Gasteiger partial charge in [-0.1, -0.05) is 23.7 Å². The van der Waals surface area contributed by atoms with Crippen molar-refractivity contribution in [3.8, 4) is 5.88 Å². The number of methoxy groups -OCH3 is 1. The fourth-order valence-corrected chi connectivity index (χ4v) is 4.14. The molecule has 1 fully saturated rings. The van der Waals surface area contributed by atoms with Crippen molar-refractivity contribution in [3.63, 3.8) is 0 Å². The molecule has 32 heavy (non-hydrogen) atoms. The molecule has 1 atom stereocenters. The average Bonchev–Trinajstić information content (AvgIpc) is 3.23. The Hall–Kier alpha value is -2.97. The van der Waals surface area contributed by atoms with Gasteiger partial charge >= 0.3 is 0 Å². The van der Waals surface area contributed by atoms with Gasteiger partial charge in [-0.3, -0.25) is 4.79 Å². The summed E-state index contributed by atoms with van der Waals surface area (Å²) < 4.78 is 27.5. The standard InChI is InChI=1S/C23H24ClFN4O3/c1-13-10-18(31-3)27-14(2)21(13)28-23(30)17(25)11-15-7-8-16-12-26-29(22(16)20(15)24)19-6-4-5-9-32-19/h7-8,10-12,19H,4-6,9H2,1-3H3,(H,28,30)/b17-11-. The van der Waals surface area contributed by atoms with E-state index >= 15 is 0 Å². The maximum atomic E-state index is 14.8. The predicted molar refractivity (Wildman–Crippen MR) is 122 cm³/mol. The molecule has 1 saturated heterocycles. The fourth-order valence-electron chi connectivity index (χ4n) is 3.83. The molecule has 3 aromatic rings. The molecule has 1 N–H and O–H groups in total. The van der Waals surface area contributed by atoms with Crippen molar-refractivity contribution in [2.24, 2.45) is 0 Å². The number of aromatic nitrogens is 3. The second kappa shape index (κ2) is 9.26. The molecule has 2 aromatic heterocycles. The minimum absolute atomic E-state index is 0.209. The lowest BCUT2D eigenvalue weighted by Gasteiger charge is -2.23. The number of benzene rings is 1. The second-order valence-electron chi connectivity index (χ2n) is 7.71. The van der Waals surface area contributed by atoms with E-state index in [2.05, 4.69) is 15.4 Å². The summed E-state index contributed by atoms with van der Waals surface area (Å²) in [5.74, 6) is -1.43. The number of pyridine rings is 1. The van der Waals surface area contributed by atoms with Gasteiger partial charge in [0.05, 0.1) is 35.2 Å². The smallest absolute Gasteiger partial charge is 0.284 e. The molecule has 0 saturated carbocycles. The van der Waals surface area contributed by atoms with Crippen LogP contribution in [-0.4, -0.2) is 34.4 Å². The van der Waals surface area contributed by atoms with Crippen molar-refractivity contribution in [2.45, 2.75) is 39.3 Å². The monoisotopic (exact) mass is 458 g/mol. The highest BCUT2D eigenvalue weighted by Crippen LogP contribution is 2.33. The van der Waals surface area contributed by atoms with E-state index in [1.54, 1.807) is 42.9 Å². The van der Waals surface area contributed by atoms with Crippen LogP contribution in [0, 0.1) is 13.8 Å². The Morgan fingerprint density at radius 2 is 2.19 bits per heavy atom. The van der Waals surface area contributed by atoms with Crippen molar-refractivity contribution in [3.05, 3.63) is 52.1 Å². The summed E-state index contributed by atoms with van der Waals surface area (Å²) in [6.45, 7) is 4.16. The zero-order valence-corrected chi connectivity index (χ0v) is 18.9. The highest BCUT2D eigenvalue weighted by Gasteiger charge is 2.21. The Bertz CT molecular complexity index is 1180. The number of hydrogen-bond acceptors (Lipinski definition) is 5. The van der Waals surface area contributed by atoms with Gasteiger partial charge < -0.3 is 14.8 Å². The Morgan fingerprint density at radius 1 is 1.38 bits per heavy atom. The van der Waals surface area contributed by atoms with Gasteiger partial charge in [0.1, 0.15) is 0 Å². The molecule has 9 heteroatoms. The van der Waals surface area contributed by atoms with Crippen LogP contribution in [0.3, 0.4) is 0 Å². The van der Waals surface area contributed by atoms with Crippen LogP contribution in [0.5, 0.6) is 5.88 Å². The van der Waals surface area contributed by atoms with Crippen LogP contribution in [-0.2, 0) is 9.53 Å². The number of amides is 1. The van der Waals surface area contributed by atoms with E-state index in [0.29, 0.717) is 45.5 Å². The first-order chi connectivity index (χ1) is 15.4. The van der Waals surface area contributed by atoms with Gasteiger partial charge in [-0.25, -0.2) is 14.1 Å². The molecule has 1 unspecified atom stereocenters. The van der Waals surface area contributed by atoms with E-state index in [1.807, 2.05) is 0 Å². The van der Waals surface area contributed by atoms with Crippen molar-refractivity contribution >= 4 is 40.2 Å². The minimum atomic E-state index is -0.971. The van der Waals surface area contributed by atoms with Crippen LogP contribution < -0.4 is 10.1 Å². The molecule has 1 aliphatic rings. The van der Waals surface area contributed by atoms with Gasteiger partial charge in [-0.05, 0) is 50.3 Å². The summed E-state index contributed by atoms with van der Waals surface area (Å²) in [5.41, 5.74) is 2.72. The van der Waals surface area contributed by atoms with E-state index in [-0.39, 0.29) is 6.23 Å². The Morgan fingerprint density at radius 3 is 2.88 bits per heavy atom. The first-order valence-corrected chi connectivity index (χ1v) is 10.7. The number of ether oxygens (including phenoxy) is 2. The number of hydrogen-bond donors (Lipinski definition) is 1. The molecule has 1 aliphatic heterocycles. The van der Waals surface area contributed by atoms with Crippen LogP contribution >= 0.6 is 11.6 Å². The average molecular weight is 459 g/mol. The molecule has 0 aliphatic carbocycles. The fraction of sp³-hybridized carbons (Fsp3) is 0.348. The zero-order chi connectivity index (χ0) is 22.8. The molecule has 4 rings (SSSR count). The number of carbonyl (C=O) groups excluding carboxylic acids is 1. The number of rotatable bonds is 5. The van der Waals surface area contributed by atoms with E-state index < -0.39 is 11.7 Å². The molecule has 0 radical (unpaired) electrons. The lowest BCUT2D eigenvalue weighted by Crippen LogP contribution is -2.19. The van der Waals surface area contributed by atoms with Crippen molar-refractivity contribution < 1.29 is 18.7 Å². The highest BCUT2D eigenvalue weighted by molar-refractivity contribution is 6.36. The number of fused-ring (bicyclic) bond motifs is 1. The SMILES string of the molecule is COc1cc(C)c(NC(=O)/C(F)=C/c2ccc3cnn(C4CCCCO4)c3c2Cl)c(C)n1. The second-order valence-corrected chi connectivity index (χ2v) is 8.08. The molecule has 7 nitrogen and oxygen atoms in total. The van der Waals surface area contributed by atoms with Crippen molar-refractivity contribution in [1.29, 1.82) is 0 Å². The lowest BCUT2D eigenvalue weighted by atomic mass is 10.1. The van der Waals surface area contributed by atoms with Gasteiger partial charge in [0, 0.05) is 18.1 Å². The number of carbonyl (C=O) groups is 1. The largest absolute Gasteiger partial charge is 0.481 e. The topological polar surface area (TPSA) is 78.3 Å². The number of nitrogens with zero attached hydrogens (tertiary/aromatic N) is 3. The van der Waals surface area contributed by atoms with Crippen molar-refractivity contribution in [1.82, 2.24) is 14.8 Å². The normalized spacial score (nSPS) is 16.9. The van der Waals surface area contributed by atoms with E-state index in [0.717, 1.165) is 30.7 Å². The molecule has 0 spiro atoms. The molecular formula is C23H24ClFN4O3. The van der Waals surface area contributed by atoms with Gasteiger partial charge in [-0.2, -0.15) is 5.10 Å². The summed E-state index contributed by atoms with van der Waals surface area (Å²) in [6, 6.07) is 5.13. The van der Waals surface area contributed by atoms with Crippen LogP contribution in [0.1, 0.15) is 42.3 Å². The summed E-state index contributed by atoms with van der Waals surface area (Å²) in [5, 5.41) is 8.14.